The number of carbonyl (C=O) groups is 5. The Bertz CT molecular complexity index is 2260. The molecule has 4 amide bonds. The van der Waals surface area contributed by atoms with Gasteiger partial charge in [0.15, 0.2) is 9.84 Å². The zero-order valence-corrected chi connectivity index (χ0v) is 42.1. The number of aromatic nitrogens is 1. The number of nitrogens with two attached hydrogens (primary N) is 1. The molecule has 0 aliphatic carbocycles. The van der Waals surface area contributed by atoms with E-state index in [0.717, 1.165) is 23.8 Å². The first kappa shape index (κ1) is 56.1. The van der Waals surface area contributed by atoms with Crippen molar-refractivity contribution < 1.29 is 55.8 Å². The second kappa shape index (κ2) is 24.7. The lowest BCUT2D eigenvalue weighted by Gasteiger charge is -2.41. The zero-order chi connectivity index (χ0) is 50.3. The Balaban J connectivity index is 1.88. The van der Waals surface area contributed by atoms with E-state index in [0.29, 0.717) is 17.3 Å². The van der Waals surface area contributed by atoms with Crippen LogP contribution in [0.4, 0.5) is 13.6 Å². The Kier molecular flexibility index (Phi) is 20.7. The Hall–Kier alpha value is -5.18. The summed E-state index contributed by atoms with van der Waals surface area (Å²) in [5.41, 5.74) is 5.69. The van der Waals surface area contributed by atoms with Gasteiger partial charge in [0.05, 0.1) is 30.2 Å². The fraction of sp³-hybridized carbons (Fsp3) is 0.553. The predicted octanol–water partition coefficient (Wildman–Crippen LogP) is 5.31. The highest BCUT2D eigenvalue weighted by atomic mass is 32.2. The minimum Gasteiger partial charge on any atom is -0.460 e. The number of sulfone groups is 1. The van der Waals surface area contributed by atoms with Crippen molar-refractivity contribution >= 4 is 47.7 Å². The third kappa shape index (κ3) is 19.5. The standard InChI is InChI=1S/C47H70F2N6O10SSi/c1-46(2,3)42(39-27-33(35-28-34(48)15-16-36(35)49)30-54(39)29-32-13-11-10-12-14-32)55(40(57)31-56)22-19-38(53-45(61)64-23-26-67(7,8)9)44(60)52-21-25-66(62,63)24-20-51-37(43(50)59)17-18-41(58)65-47(4,5)6/h10-16,27-28,30,37-38,42,51,56H,17-26,29,31H2,1-9H3,(H2,50,59)(H,52,60)(H,53,61)/t37-,38+,42+/m1/s1. The molecule has 3 atom stereocenters. The van der Waals surface area contributed by atoms with Gasteiger partial charge in [-0.15, -0.1) is 0 Å². The van der Waals surface area contributed by atoms with Crippen molar-refractivity contribution in [3.63, 3.8) is 0 Å². The molecule has 0 aliphatic rings. The molecule has 0 saturated heterocycles. The minimum absolute atomic E-state index is 0.00208. The summed E-state index contributed by atoms with van der Waals surface area (Å²) in [4.78, 5) is 66.4. The molecule has 2 aromatic carbocycles. The van der Waals surface area contributed by atoms with Crippen LogP contribution in [0.25, 0.3) is 11.1 Å². The van der Waals surface area contributed by atoms with Gasteiger partial charge in [-0.3, -0.25) is 19.2 Å². The van der Waals surface area contributed by atoms with Crippen molar-refractivity contribution in [2.75, 3.05) is 44.4 Å². The summed E-state index contributed by atoms with van der Waals surface area (Å²) >= 11 is 0. The number of carbonyl (C=O) groups excluding carboxylic acids is 5. The molecule has 1 aromatic heterocycles. The Morgan fingerprint density at radius 3 is 2.16 bits per heavy atom. The molecule has 0 saturated carbocycles. The van der Waals surface area contributed by atoms with E-state index < -0.39 is 107 Å². The first-order valence-corrected chi connectivity index (χ1v) is 27.9. The number of esters is 1. The maximum Gasteiger partial charge on any atom is 0.407 e. The van der Waals surface area contributed by atoms with Gasteiger partial charge in [0.2, 0.25) is 17.7 Å². The number of nitrogens with one attached hydrogen (secondary N) is 3. The highest BCUT2D eigenvalue weighted by Crippen LogP contribution is 2.41. The van der Waals surface area contributed by atoms with Crippen molar-refractivity contribution in [3.05, 3.63) is 83.7 Å². The molecule has 67 heavy (non-hydrogen) atoms. The number of hydrogen-bond donors (Lipinski definition) is 5. The van der Waals surface area contributed by atoms with E-state index in [1.54, 1.807) is 33.0 Å². The number of nitrogens with zero attached hydrogens (tertiary/aromatic N) is 2. The van der Waals surface area contributed by atoms with E-state index in [1.165, 1.54) is 4.90 Å². The maximum atomic E-state index is 15.3. The lowest BCUT2D eigenvalue weighted by atomic mass is 9.82. The largest absolute Gasteiger partial charge is 0.460 e. The van der Waals surface area contributed by atoms with Gasteiger partial charge < -0.3 is 45.7 Å². The molecule has 0 fully saturated rings. The summed E-state index contributed by atoms with van der Waals surface area (Å²) in [7, 11) is -5.46. The monoisotopic (exact) mass is 976 g/mol. The van der Waals surface area contributed by atoms with Crippen molar-refractivity contribution in [1.29, 1.82) is 0 Å². The zero-order valence-electron chi connectivity index (χ0n) is 40.2. The number of ether oxygens (including phenoxy) is 2. The number of alkyl carbamates (subject to hydrolysis) is 1. The van der Waals surface area contributed by atoms with Crippen LogP contribution in [0.5, 0.6) is 0 Å². The third-order valence-electron chi connectivity index (χ3n) is 10.5. The first-order valence-electron chi connectivity index (χ1n) is 22.3. The van der Waals surface area contributed by atoms with Gasteiger partial charge in [-0.25, -0.2) is 22.0 Å². The van der Waals surface area contributed by atoms with E-state index in [9.17, 15) is 41.9 Å². The highest BCUT2D eigenvalue weighted by Gasteiger charge is 2.38. The van der Waals surface area contributed by atoms with Crippen molar-refractivity contribution in [2.24, 2.45) is 11.1 Å². The fourth-order valence-corrected chi connectivity index (χ4v) is 8.98. The summed E-state index contributed by atoms with van der Waals surface area (Å²) in [6.45, 7) is 15.7. The molecule has 0 spiro atoms. The molecule has 3 rings (SSSR count). The normalized spacial score (nSPS) is 13.6. The molecule has 1 heterocycles. The van der Waals surface area contributed by atoms with Crippen molar-refractivity contribution in [1.82, 2.24) is 25.4 Å². The van der Waals surface area contributed by atoms with Gasteiger partial charge in [-0.2, -0.15) is 0 Å². The number of amides is 4. The average Bonchev–Trinajstić information content (AvgIpc) is 3.61. The fourth-order valence-electron chi connectivity index (χ4n) is 7.21. The number of halogens is 2. The molecular formula is C47H70F2N6O10SSi. The molecule has 20 heteroatoms. The lowest BCUT2D eigenvalue weighted by molar-refractivity contribution is -0.155. The minimum atomic E-state index is -3.83. The number of benzene rings is 2. The first-order chi connectivity index (χ1) is 31.1. The van der Waals surface area contributed by atoms with Crippen molar-refractivity contribution in [2.45, 2.75) is 117 Å². The molecule has 0 bridgehead atoms. The van der Waals surface area contributed by atoms with Crippen LogP contribution in [0.15, 0.2) is 60.8 Å². The third-order valence-corrected chi connectivity index (χ3v) is 13.9. The highest BCUT2D eigenvalue weighted by molar-refractivity contribution is 7.91. The van der Waals surface area contributed by atoms with Crippen LogP contribution in [0.2, 0.25) is 25.7 Å². The van der Waals surface area contributed by atoms with Crippen LogP contribution in [-0.4, -0.2) is 123 Å². The van der Waals surface area contributed by atoms with Crippen LogP contribution in [0.3, 0.4) is 0 Å². The second-order valence-corrected chi connectivity index (χ2v) is 27.7. The lowest BCUT2D eigenvalue weighted by Crippen LogP contribution is -2.51. The van der Waals surface area contributed by atoms with Crippen molar-refractivity contribution in [3.8, 4) is 11.1 Å². The number of hydrogen-bond acceptors (Lipinski definition) is 11. The predicted molar refractivity (Wildman–Crippen MR) is 255 cm³/mol. The van der Waals surface area contributed by atoms with Gasteiger partial charge in [0, 0.05) is 63.7 Å². The number of aliphatic hydroxyl groups excluding tert-OH is 1. The van der Waals surface area contributed by atoms with Crippen LogP contribution in [0.1, 0.15) is 78.1 Å². The van der Waals surface area contributed by atoms with Gasteiger partial charge in [0.25, 0.3) is 0 Å². The molecule has 6 N–H and O–H groups in total. The smallest absolute Gasteiger partial charge is 0.407 e. The summed E-state index contributed by atoms with van der Waals surface area (Å²) < 4.78 is 68.4. The maximum absolute atomic E-state index is 15.3. The summed E-state index contributed by atoms with van der Waals surface area (Å²) in [5.74, 6) is -5.06. The summed E-state index contributed by atoms with van der Waals surface area (Å²) in [6, 6.07) is 11.6. The summed E-state index contributed by atoms with van der Waals surface area (Å²) in [5, 5.41) is 18.3. The summed E-state index contributed by atoms with van der Waals surface area (Å²) in [6.07, 6.45) is 0.414. The number of primary amides is 1. The van der Waals surface area contributed by atoms with E-state index >= 15 is 4.39 Å². The second-order valence-electron chi connectivity index (χ2n) is 19.8. The molecule has 0 unspecified atom stereocenters. The SMILES string of the molecule is CC(C)(C)OC(=O)CC[C@@H](NCCS(=O)(=O)CCNC(=O)[C@H](CCN(C(=O)CO)[C@@H](c1cc(-c2cc(F)ccc2F)cn1Cc1ccccc1)C(C)(C)C)NC(=O)OCC[Si](C)(C)C)C(N)=O. The Morgan fingerprint density at radius 1 is 0.910 bits per heavy atom. The molecule has 372 valence electrons. The average molecular weight is 977 g/mol. The molecule has 16 nitrogen and oxygen atoms in total. The number of rotatable bonds is 25. The molecule has 0 aliphatic heterocycles. The topological polar surface area (TPSA) is 228 Å². The molecule has 3 aromatic rings. The molecular weight excluding hydrogens is 907 g/mol. The van der Waals surface area contributed by atoms with E-state index in [2.05, 4.69) is 35.6 Å². The van der Waals surface area contributed by atoms with Gasteiger partial charge in [0.1, 0.15) is 29.9 Å². The van der Waals surface area contributed by atoms with Crippen LogP contribution in [0, 0.1) is 17.0 Å². The quantitative estimate of drug-likeness (QED) is 0.0540. The van der Waals surface area contributed by atoms with E-state index in [-0.39, 0.29) is 57.6 Å². The number of aliphatic hydroxyl groups is 1. The Morgan fingerprint density at radius 2 is 1.57 bits per heavy atom. The van der Waals surface area contributed by atoms with E-state index in [4.69, 9.17) is 15.2 Å². The van der Waals surface area contributed by atoms with Crippen LogP contribution < -0.4 is 21.7 Å². The van der Waals surface area contributed by atoms with Crippen LogP contribution >= 0.6 is 0 Å². The van der Waals surface area contributed by atoms with E-state index in [1.807, 2.05) is 55.7 Å². The molecule has 0 radical (unpaired) electrons. The van der Waals surface area contributed by atoms with Crippen LogP contribution in [-0.2, 0) is 45.0 Å². The Labute approximate surface area is 394 Å². The van der Waals surface area contributed by atoms with Gasteiger partial charge in [-0.05, 0) is 74.9 Å². The van der Waals surface area contributed by atoms with Gasteiger partial charge >= 0.3 is 12.1 Å². The van der Waals surface area contributed by atoms with Gasteiger partial charge in [-0.1, -0.05) is 70.7 Å².